The fourth-order valence-electron chi connectivity index (χ4n) is 6.56. The van der Waals surface area contributed by atoms with Crippen molar-refractivity contribution >= 4 is 17.8 Å². The molecule has 0 unspecified atom stereocenters. The van der Waals surface area contributed by atoms with E-state index in [0.29, 0.717) is 24.3 Å². The number of hydrogen-bond donors (Lipinski definition) is 2. The van der Waals surface area contributed by atoms with E-state index >= 15 is 0 Å². The summed E-state index contributed by atoms with van der Waals surface area (Å²) >= 11 is 0. The van der Waals surface area contributed by atoms with E-state index in [4.69, 9.17) is 4.74 Å². The first-order valence-electron chi connectivity index (χ1n) is 10.9. The Labute approximate surface area is 171 Å². The van der Waals surface area contributed by atoms with E-state index in [1.165, 1.54) is 26.2 Å². The van der Waals surface area contributed by atoms with Gasteiger partial charge in [-0.2, -0.15) is 0 Å². The molecule has 5 rings (SSSR count). The number of esters is 1. The SMILES string of the molecule is C=CCNC(=O)[C@H](C)OC(=O)[C@H]1C[C@H](O)CN1C(=O)C12CC3CC(CC(C3)C1)C2. The van der Waals surface area contributed by atoms with Gasteiger partial charge in [0.1, 0.15) is 6.04 Å². The summed E-state index contributed by atoms with van der Waals surface area (Å²) in [7, 11) is 0. The van der Waals surface area contributed by atoms with Gasteiger partial charge in [0, 0.05) is 19.5 Å². The van der Waals surface area contributed by atoms with E-state index < -0.39 is 30.1 Å². The summed E-state index contributed by atoms with van der Waals surface area (Å²) in [6.07, 6.45) is 6.44. The second kappa shape index (κ2) is 7.74. The minimum atomic E-state index is -0.961. The van der Waals surface area contributed by atoms with Crippen LogP contribution in [0, 0.1) is 23.2 Å². The molecule has 5 fully saturated rings. The minimum Gasteiger partial charge on any atom is -0.451 e. The van der Waals surface area contributed by atoms with Gasteiger partial charge < -0.3 is 20.1 Å². The number of rotatable bonds is 6. The number of β-amino-alcohol motifs (C(OH)–C–C–N with tert-alkyl or cyclic N) is 1. The number of carbonyl (C=O) groups is 3. The van der Waals surface area contributed by atoms with Crippen molar-refractivity contribution in [2.24, 2.45) is 23.2 Å². The van der Waals surface area contributed by atoms with Crippen LogP contribution >= 0.6 is 0 Å². The van der Waals surface area contributed by atoms with Gasteiger partial charge in [-0.15, -0.1) is 6.58 Å². The van der Waals surface area contributed by atoms with Crippen LogP contribution in [0.15, 0.2) is 12.7 Å². The van der Waals surface area contributed by atoms with Gasteiger partial charge in [0.15, 0.2) is 6.10 Å². The number of carbonyl (C=O) groups excluding carboxylic acids is 3. The maximum absolute atomic E-state index is 13.6. The molecule has 29 heavy (non-hydrogen) atoms. The van der Waals surface area contributed by atoms with Crippen LogP contribution in [0.4, 0.5) is 0 Å². The lowest BCUT2D eigenvalue weighted by molar-refractivity contribution is -0.168. The molecule has 4 bridgehead atoms. The normalized spacial score (nSPS) is 38.6. The summed E-state index contributed by atoms with van der Waals surface area (Å²) < 4.78 is 5.35. The Bertz CT molecular complexity index is 670. The third-order valence-electron chi connectivity index (χ3n) is 7.39. The van der Waals surface area contributed by atoms with Crippen LogP contribution in [-0.2, 0) is 19.1 Å². The third-order valence-corrected chi connectivity index (χ3v) is 7.39. The molecule has 0 radical (unpaired) electrons. The van der Waals surface area contributed by atoms with Crippen molar-refractivity contribution in [3.63, 3.8) is 0 Å². The molecule has 0 spiro atoms. The zero-order chi connectivity index (χ0) is 20.8. The number of hydrogen-bond acceptors (Lipinski definition) is 5. The summed E-state index contributed by atoms with van der Waals surface area (Å²) in [5.74, 6) is 0.862. The fourth-order valence-corrected chi connectivity index (χ4v) is 6.56. The maximum Gasteiger partial charge on any atom is 0.329 e. The van der Waals surface area contributed by atoms with E-state index in [1.54, 1.807) is 11.0 Å². The predicted molar refractivity (Wildman–Crippen MR) is 105 cm³/mol. The number of aliphatic hydroxyl groups is 1. The van der Waals surface area contributed by atoms with Crippen molar-refractivity contribution in [1.82, 2.24) is 10.2 Å². The molecule has 1 heterocycles. The first-order chi connectivity index (χ1) is 13.8. The molecule has 2 amide bonds. The molecule has 1 aliphatic heterocycles. The van der Waals surface area contributed by atoms with Crippen molar-refractivity contribution < 1.29 is 24.2 Å². The molecule has 160 valence electrons. The molecule has 0 aromatic heterocycles. The molecule has 7 heteroatoms. The standard InChI is InChI=1S/C22H32N2O5/c1-3-4-23-19(26)13(2)29-20(27)18-8-17(25)12-24(18)21(28)22-9-14-5-15(10-22)7-16(6-14)11-22/h3,13-18,25H,1,4-12H2,2H3,(H,23,26)/t13-,14?,15?,16?,17-,18+,22?/m0/s1. The highest BCUT2D eigenvalue weighted by molar-refractivity contribution is 5.90. The van der Waals surface area contributed by atoms with Crippen LogP contribution in [0.25, 0.3) is 0 Å². The highest BCUT2D eigenvalue weighted by Gasteiger charge is 2.57. The number of aliphatic hydroxyl groups excluding tert-OH is 1. The Morgan fingerprint density at radius 2 is 1.76 bits per heavy atom. The van der Waals surface area contributed by atoms with Crippen LogP contribution < -0.4 is 5.32 Å². The van der Waals surface area contributed by atoms with Gasteiger partial charge in [0.2, 0.25) is 5.91 Å². The number of amides is 2. The van der Waals surface area contributed by atoms with E-state index in [-0.39, 0.29) is 24.3 Å². The van der Waals surface area contributed by atoms with Crippen molar-refractivity contribution in [1.29, 1.82) is 0 Å². The van der Waals surface area contributed by atoms with Gasteiger partial charge in [-0.05, 0) is 63.2 Å². The van der Waals surface area contributed by atoms with E-state index in [1.807, 2.05) is 0 Å². The van der Waals surface area contributed by atoms with Crippen molar-refractivity contribution in [3.8, 4) is 0 Å². The number of ether oxygens (including phenoxy) is 1. The largest absolute Gasteiger partial charge is 0.451 e. The van der Waals surface area contributed by atoms with Crippen molar-refractivity contribution in [2.45, 2.75) is 70.1 Å². The molecule has 2 N–H and O–H groups in total. The fraction of sp³-hybridized carbons (Fsp3) is 0.773. The van der Waals surface area contributed by atoms with Crippen LogP contribution in [0.2, 0.25) is 0 Å². The molecule has 1 saturated heterocycles. The second-order valence-electron chi connectivity index (χ2n) is 9.67. The molecule has 5 aliphatic rings. The summed E-state index contributed by atoms with van der Waals surface area (Å²) in [5, 5.41) is 12.8. The number of nitrogens with one attached hydrogen (secondary N) is 1. The lowest BCUT2D eigenvalue weighted by Gasteiger charge is -2.56. The Morgan fingerprint density at radius 3 is 2.31 bits per heavy atom. The molecular weight excluding hydrogens is 372 g/mol. The summed E-state index contributed by atoms with van der Waals surface area (Å²) in [6, 6.07) is -0.819. The lowest BCUT2D eigenvalue weighted by atomic mass is 9.49. The van der Waals surface area contributed by atoms with Crippen LogP contribution in [0.5, 0.6) is 0 Å². The van der Waals surface area contributed by atoms with Gasteiger partial charge in [-0.25, -0.2) is 4.79 Å². The van der Waals surface area contributed by atoms with Gasteiger partial charge in [0.25, 0.3) is 5.91 Å². The molecule has 3 atom stereocenters. The molecule has 4 saturated carbocycles. The monoisotopic (exact) mass is 404 g/mol. The second-order valence-corrected chi connectivity index (χ2v) is 9.67. The summed E-state index contributed by atoms with van der Waals surface area (Å²) in [5.41, 5.74) is -0.371. The molecule has 4 aliphatic carbocycles. The number of likely N-dealkylation sites (tertiary alicyclic amines) is 1. The number of nitrogens with zero attached hydrogens (tertiary/aromatic N) is 1. The Hall–Kier alpha value is -1.89. The van der Waals surface area contributed by atoms with Gasteiger partial charge in [-0.1, -0.05) is 6.08 Å². The van der Waals surface area contributed by atoms with Gasteiger partial charge in [0.05, 0.1) is 11.5 Å². The van der Waals surface area contributed by atoms with E-state index in [2.05, 4.69) is 11.9 Å². The van der Waals surface area contributed by atoms with Crippen molar-refractivity contribution in [2.75, 3.05) is 13.1 Å². The third kappa shape index (κ3) is 3.81. The van der Waals surface area contributed by atoms with Crippen LogP contribution in [-0.4, -0.2) is 59.1 Å². The average Bonchev–Trinajstić information content (AvgIpc) is 3.06. The van der Waals surface area contributed by atoms with E-state index in [0.717, 1.165) is 19.3 Å². The highest BCUT2D eigenvalue weighted by Crippen LogP contribution is 2.60. The van der Waals surface area contributed by atoms with E-state index in [9.17, 15) is 19.5 Å². The minimum absolute atomic E-state index is 0.0128. The quantitative estimate of drug-likeness (QED) is 0.515. The first-order valence-corrected chi connectivity index (χ1v) is 10.9. The lowest BCUT2D eigenvalue weighted by Crippen LogP contribution is -2.56. The smallest absolute Gasteiger partial charge is 0.329 e. The maximum atomic E-state index is 13.6. The zero-order valence-electron chi connectivity index (χ0n) is 17.1. The molecule has 0 aromatic rings. The zero-order valence-corrected chi connectivity index (χ0v) is 17.1. The van der Waals surface area contributed by atoms with Crippen molar-refractivity contribution in [3.05, 3.63) is 12.7 Å². The summed E-state index contributed by atoms with van der Waals surface area (Å²) in [6.45, 7) is 5.50. The topological polar surface area (TPSA) is 95.9 Å². The predicted octanol–water partition coefficient (Wildman–Crippen LogP) is 1.40. The Balaban J connectivity index is 1.45. The molecular formula is C22H32N2O5. The van der Waals surface area contributed by atoms with Gasteiger partial charge >= 0.3 is 5.97 Å². The Morgan fingerprint density at radius 1 is 1.17 bits per heavy atom. The molecule has 7 nitrogen and oxygen atoms in total. The molecule has 0 aromatic carbocycles. The first kappa shape index (κ1) is 20.4. The van der Waals surface area contributed by atoms with Crippen LogP contribution in [0.1, 0.15) is 51.9 Å². The highest BCUT2D eigenvalue weighted by atomic mass is 16.5. The van der Waals surface area contributed by atoms with Gasteiger partial charge in [-0.3, -0.25) is 9.59 Å². The Kier molecular flexibility index (Phi) is 5.44. The average molecular weight is 405 g/mol. The van der Waals surface area contributed by atoms with Crippen LogP contribution in [0.3, 0.4) is 0 Å². The summed E-state index contributed by atoms with van der Waals surface area (Å²) in [4.78, 5) is 40.0.